The highest BCUT2D eigenvalue weighted by atomic mass is 127. The van der Waals surface area contributed by atoms with Crippen LogP contribution in [0.25, 0.3) is 0 Å². The molecule has 1 heterocycles. The van der Waals surface area contributed by atoms with Gasteiger partial charge in [-0.15, -0.1) is 35.3 Å². The Bertz CT molecular complexity index is 670. The van der Waals surface area contributed by atoms with Gasteiger partial charge in [-0.25, -0.2) is 14.4 Å². The van der Waals surface area contributed by atoms with Crippen LogP contribution in [0.1, 0.15) is 28.1 Å². The average molecular weight is 462 g/mol. The normalized spacial score (nSPS) is 11.1. The number of aryl methyl sites for hydroxylation is 2. The van der Waals surface area contributed by atoms with Crippen molar-refractivity contribution < 1.29 is 4.39 Å². The maximum Gasteiger partial charge on any atom is 0.194 e. The van der Waals surface area contributed by atoms with Gasteiger partial charge in [0.05, 0.1) is 17.2 Å². The summed E-state index contributed by atoms with van der Waals surface area (Å²) in [7, 11) is 1.98. The molecule has 132 valence electrons. The minimum atomic E-state index is -0.215. The number of halogens is 2. The first-order valence-corrected chi connectivity index (χ1v) is 8.48. The summed E-state index contributed by atoms with van der Waals surface area (Å²) in [6.07, 6.45) is 0. The molecule has 1 aromatic heterocycles. The predicted molar refractivity (Wildman–Crippen MR) is 110 cm³/mol. The Kier molecular flexibility index (Phi) is 8.61. The van der Waals surface area contributed by atoms with Crippen LogP contribution in [-0.2, 0) is 13.1 Å². The van der Waals surface area contributed by atoms with Crippen molar-refractivity contribution in [1.82, 2.24) is 15.2 Å². The van der Waals surface area contributed by atoms with Crippen molar-refractivity contribution in [3.63, 3.8) is 0 Å². The Hall–Kier alpha value is -1.22. The van der Waals surface area contributed by atoms with E-state index < -0.39 is 0 Å². The Labute approximate surface area is 164 Å². The van der Waals surface area contributed by atoms with E-state index in [0.29, 0.717) is 13.1 Å². The monoisotopic (exact) mass is 462 g/mol. The molecule has 2 aromatic rings. The lowest BCUT2D eigenvalue weighted by Crippen LogP contribution is -2.38. The van der Waals surface area contributed by atoms with Crippen LogP contribution in [0.15, 0.2) is 29.3 Å². The second kappa shape index (κ2) is 9.93. The minimum Gasteiger partial charge on any atom is -0.357 e. The van der Waals surface area contributed by atoms with Gasteiger partial charge in [0.2, 0.25) is 0 Å². The molecule has 24 heavy (non-hydrogen) atoms. The smallest absolute Gasteiger partial charge is 0.194 e. The molecule has 0 aliphatic carbocycles. The van der Waals surface area contributed by atoms with Gasteiger partial charge in [-0.2, -0.15) is 0 Å². The van der Waals surface area contributed by atoms with Gasteiger partial charge in [0, 0.05) is 25.0 Å². The Morgan fingerprint density at radius 2 is 1.96 bits per heavy atom. The van der Waals surface area contributed by atoms with Crippen LogP contribution < -0.4 is 5.32 Å². The first kappa shape index (κ1) is 20.8. The molecule has 0 saturated heterocycles. The van der Waals surface area contributed by atoms with Crippen molar-refractivity contribution in [3.05, 3.63) is 51.2 Å². The molecule has 0 aliphatic heterocycles. The molecule has 1 aromatic carbocycles. The van der Waals surface area contributed by atoms with E-state index in [0.717, 1.165) is 28.8 Å². The largest absolute Gasteiger partial charge is 0.357 e. The van der Waals surface area contributed by atoms with Gasteiger partial charge in [0.15, 0.2) is 5.96 Å². The zero-order valence-corrected chi connectivity index (χ0v) is 17.6. The van der Waals surface area contributed by atoms with E-state index in [2.05, 4.69) is 10.3 Å². The molecular weight excluding hydrogens is 438 g/mol. The summed E-state index contributed by atoms with van der Waals surface area (Å²) < 4.78 is 13.0. The minimum absolute atomic E-state index is 0. The topological polar surface area (TPSA) is 40.5 Å². The highest BCUT2D eigenvalue weighted by molar-refractivity contribution is 14.0. The lowest BCUT2D eigenvalue weighted by Gasteiger charge is -2.22. The number of rotatable bonds is 5. The first-order valence-electron chi connectivity index (χ1n) is 7.66. The average Bonchev–Trinajstić information content (AvgIpc) is 2.83. The Morgan fingerprint density at radius 3 is 2.50 bits per heavy atom. The van der Waals surface area contributed by atoms with Crippen LogP contribution in [-0.4, -0.2) is 29.4 Å². The standard InChI is InChI=1S/C17H23FN4S.HI/c1-5-19-17(20-10-16-12(2)21-13(3)23-16)22(4)11-14-6-8-15(18)9-7-14;/h6-9H,5,10-11H2,1-4H3,(H,19,20);1H. The fourth-order valence-electron chi connectivity index (χ4n) is 2.28. The third-order valence-electron chi connectivity index (χ3n) is 3.40. The van der Waals surface area contributed by atoms with Crippen LogP contribution in [0.3, 0.4) is 0 Å². The van der Waals surface area contributed by atoms with Crippen LogP contribution in [0.4, 0.5) is 4.39 Å². The van der Waals surface area contributed by atoms with Crippen LogP contribution >= 0.6 is 35.3 Å². The number of aliphatic imine (C=N–C) groups is 1. The van der Waals surface area contributed by atoms with Gasteiger partial charge in [-0.05, 0) is 38.5 Å². The molecule has 0 spiro atoms. The predicted octanol–water partition coefficient (Wildman–Crippen LogP) is 4.11. The number of aromatic nitrogens is 1. The molecule has 0 atom stereocenters. The van der Waals surface area contributed by atoms with E-state index in [1.807, 2.05) is 32.7 Å². The zero-order chi connectivity index (χ0) is 16.8. The molecule has 0 aliphatic rings. The summed E-state index contributed by atoms with van der Waals surface area (Å²) in [6.45, 7) is 8.16. The number of hydrogen-bond acceptors (Lipinski definition) is 3. The lowest BCUT2D eigenvalue weighted by molar-refractivity contribution is 0.476. The van der Waals surface area contributed by atoms with Crippen LogP contribution in [0, 0.1) is 19.7 Å². The highest BCUT2D eigenvalue weighted by Gasteiger charge is 2.09. The first-order chi connectivity index (χ1) is 11.0. The molecule has 7 heteroatoms. The summed E-state index contributed by atoms with van der Waals surface area (Å²) in [6, 6.07) is 6.56. The maximum absolute atomic E-state index is 13.0. The quantitative estimate of drug-likeness (QED) is 0.413. The third kappa shape index (κ3) is 6.01. The van der Waals surface area contributed by atoms with Gasteiger partial charge in [0.25, 0.3) is 0 Å². The third-order valence-corrected chi connectivity index (χ3v) is 4.46. The van der Waals surface area contributed by atoms with E-state index in [1.54, 1.807) is 23.5 Å². The number of benzene rings is 1. The molecule has 0 radical (unpaired) electrons. The number of nitrogens with one attached hydrogen (secondary N) is 1. The summed E-state index contributed by atoms with van der Waals surface area (Å²) in [5, 5.41) is 4.36. The van der Waals surface area contributed by atoms with Crippen molar-refractivity contribution in [1.29, 1.82) is 0 Å². The van der Waals surface area contributed by atoms with Crippen molar-refractivity contribution in [2.45, 2.75) is 33.9 Å². The SMILES string of the molecule is CCNC(=NCc1sc(C)nc1C)N(C)Cc1ccc(F)cc1.I. The van der Waals surface area contributed by atoms with E-state index in [1.165, 1.54) is 17.0 Å². The number of hydrogen-bond donors (Lipinski definition) is 1. The second-order valence-corrected chi connectivity index (χ2v) is 6.68. The van der Waals surface area contributed by atoms with Gasteiger partial charge in [-0.1, -0.05) is 12.1 Å². The molecule has 4 nitrogen and oxygen atoms in total. The molecular formula is C17H24FIN4S. The van der Waals surface area contributed by atoms with Crippen molar-refractivity contribution in [2.24, 2.45) is 4.99 Å². The molecule has 0 amide bonds. The zero-order valence-electron chi connectivity index (χ0n) is 14.5. The van der Waals surface area contributed by atoms with E-state index in [9.17, 15) is 4.39 Å². The van der Waals surface area contributed by atoms with Crippen molar-refractivity contribution >= 4 is 41.3 Å². The molecule has 0 unspecified atom stereocenters. The van der Waals surface area contributed by atoms with Crippen molar-refractivity contribution in [3.8, 4) is 0 Å². The van der Waals surface area contributed by atoms with Crippen molar-refractivity contribution in [2.75, 3.05) is 13.6 Å². The molecule has 1 N–H and O–H groups in total. The summed E-state index contributed by atoms with van der Waals surface area (Å²) in [5.41, 5.74) is 2.10. The second-order valence-electron chi connectivity index (χ2n) is 5.39. The molecule has 0 fully saturated rings. The summed E-state index contributed by atoms with van der Waals surface area (Å²) >= 11 is 1.69. The highest BCUT2D eigenvalue weighted by Crippen LogP contribution is 2.18. The summed E-state index contributed by atoms with van der Waals surface area (Å²) in [4.78, 5) is 12.4. The van der Waals surface area contributed by atoms with E-state index >= 15 is 0 Å². The molecule has 0 bridgehead atoms. The summed E-state index contributed by atoms with van der Waals surface area (Å²) in [5.74, 6) is 0.621. The molecule has 2 rings (SSSR count). The van der Waals surface area contributed by atoms with Gasteiger partial charge >= 0.3 is 0 Å². The van der Waals surface area contributed by atoms with E-state index in [-0.39, 0.29) is 29.8 Å². The number of guanidine groups is 1. The number of nitrogens with zero attached hydrogens (tertiary/aromatic N) is 3. The maximum atomic E-state index is 13.0. The molecule has 0 saturated carbocycles. The fraction of sp³-hybridized carbons (Fsp3) is 0.412. The van der Waals surface area contributed by atoms with E-state index in [4.69, 9.17) is 4.99 Å². The van der Waals surface area contributed by atoms with Crippen LogP contribution in [0.2, 0.25) is 0 Å². The number of thiazole rings is 1. The lowest BCUT2D eigenvalue weighted by atomic mass is 10.2. The van der Waals surface area contributed by atoms with Gasteiger partial charge < -0.3 is 10.2 Å². The Morgan fingerprint density at radius 1 is 1.29 bits per heavy atom. The van der Waals surface area contributed by atoms with Gasteiger partial charge in [0.1, 0.15) is 5.82 Å². The Balaban J connectivity index is 0.00000288. The van der Waals surface area contributed by atoms with Crippen LogP contribution in [0.5, 0.6) is 0 Å². The fourth-order valence-corrected chi connectivity index (χ4v) is 3.14. The van der Waals surface area contributed by atoms with Gasteiger partial charge in [-0.3, -0.25) is 0 Å².